The maximum Gasteiger partial charge on any atom is 0.221 e. The maximum atomic E-state index is 11.2. The summed E-state index contributed by atoms with van der Waals surface area (Å²) in [5, 5.41) is 0.904. The topological polar surface area (TPSA) is 106 Å². The molecule has 0 radical (unpaired) electrons. The molecule has 0 unspecified atom stereocenters. The van der Waals surface area contributed by atoms with E-state index in [2.05, 4.69) is 37.6 Å². The number of carbonyl (C=O) groups excluding carboxylic acids is 1. The zero-order valence-electron chi connectivity index (χ0n) is 19.3. The van der Waals surface area contributed by atoms with Crippen LogP contribution in [0.2, 0.25) is 0 Å². The number of aromatic nitrogens is 3. The summed E-state index contributed by atoms with van der Waals surface area (Å²) in [6.07, 6.45) is 8.70. The number of likely N-dealkylation sites (N-methyl/N-ethyl adjacent to an activating group) is 1. The molecule has 3 heterocycles. The van der Waals surface area contributed by atoms with Crippen LogP contribution in [-0.4, -0.2) is 69.5 Å². The minimum Gasteiger partial charge on any atom is -0.383 e. The second kappa shape index (κ2) is 9.11. The molecule has 4 N–H and O–H groups in total. The zero-order chi connectivity index (χ0) is 22.9. The summed E-state index contributed by atoms with van der Waals surface area (Å²) in [4.78, 5) is 25.2. The first-order valence-electron chi connectivity index (χ1n) is 11.9. The number of nitrogens with zero attached hydrogens (tertiary/aromatic N) is 5. The van der Waals surface area contributed by atoms with E-state index in [9.17, 15) is 4.79 Å². The number of anilines is 1. The molecule has 5 rings (SSSR count). The number of hydrogen-bond acceptors (Lipinski definition) is 6. The van der Waals surface area contributed by atoms with Gasteiger partial charge >= 0.3 is 0 Å². The van der Waals surface area contributed by atoms with E-state index in [-0.39, 0.29) is 12.3 Å². The summed E-state index contributed by atoms with van der Waals surface area (Å²) < 4.78 is 2.32. The van der Waals surface area contributed by atoms with Crippen LogP contribution in [0.3, 0.4) is 0 Å². The molecule has 2 fully saturated rings. The van der Waals surface area contributed by atoms with Crippen LogP contribution < -0.4 is 11.5 Å². The summed E-state index contributed by atoms with van der Waals surface area (Å²) >= 11 is 0. The first-order chi connectivity index (χ1) is 16.0. The molecule has 1 aromatic carbocycles. The number of fused-ring (bicyclic) bond motifs is 1. The van der Waals surface area contributed by atoms with Crippen LogP contribution in [0.15, 0.2) is 36.8 Å². The highest BCUT2D eigenvalue weighted by Gasteiger charge is 2.29. The van der Waals surface area contributed by atoms with E-state index >= 15 is 0 Å². The number of rotatable bonds is 5. The van der Waals surface area contributed by atoms with E-state index in [1.807, 2.05) is 24.3 Å². The van der Waals surface area contributed by atoms with Gasteiger partial charge in [0.2, 0.25) is 5.91 Å². The summed E-state index contributed by atoms with van der Waals surface area (Å²) in [5.41, 5.74) is 15.6. The van der Waals surface area contributed by atoms with Crippen molar-refractivity contribution in [2.75, 3.05) is 39.0 Å². The summed E-state index contributed by atoms with van der Waals surface area (Å²) in [6.45, 7) is 4.69. The molecule has 1 amide bonds. The van der Waals surface area contributed by atoms with Gasteiger partial charge in [-0.2, -0.15) is 0 Å². The van der Waals surface area contributed by atoms with Gasteiger partial charge in [0.05, 0.1) is 11.8 Å². The summed E-state index contributed by atoms with van der Waals surface area (Å²) in [7, 11) is 2.21. The predicted octanol–water partition coefficient (Wildman–Crippen LogP) is 2.44. The van der Waals surface area contributed by atoms with Gasteiger partial charge in [-0.25, -0.2) is 9.97 Å². The molecule has 1 saturated heterocycles. The first kappa shape index (κ1) is 21.9. The average molecular weight is 448 g/mol. The molecule has 33 heavy (non-hydrogen) atoms. The highest BCUT2D eigenvalue weighted by atomic mass is 16.1. The van der Waals surface area contributed by atoms with E-state index in [0.29, 0.717) is 17.9 Å². The Hall–Kier alpha value is -2.97. The molecule has 8 nitrogen and oxygen atoms in total. The smallest absolute Gasteiger partial charge is 0.221 e. The van der Waals surface area contributed by atoms with Crippen molar-refractivity contribution in [1.29, 1.82) is 0 Å². The Kier molecular flexibility index (Phi) is 6.03. The molecule has 1 aliphatic carbocycles. The minimum atomic E-state index is -0.329. The summed E-state index contributed by atoms with van der Waals surface area (Å²) in [5.74, 6) is 0.172. The lowest BCUT2D eigenvalue weighted by molar-refractivity contribution is -0.117. The number of carbonyl (C=O) groups is 1. The van der Waals surface area contributed by atoms with Crippen molar-refractivity contribution in [3.63, 3.8) is 0 Å². The van der Waals surface area contributed by atoms with Gasteiger partial charge in [-0.05, 0) is 43.9 Å². The van der Waals surface area contributed by atoms with Crippen LogP contribution in [0.25, 0.3) is 22.2 Å². The molecule has 2 aromatic heterocycles. The van der Waals surface area contributed by atoms with Crippen LogP contribution >= 0.6 is 0 Å². The van der Waals surface area contributed by atoms with E-state index in [1.54, 1.807) is 6.33 Å². The van der Waals surface area contributed by atoms with E-state index < -0.39 is 0 Å². The predicted molar refractivity (Wildman–Crippen MR) is 131 cm³/mol. The molecule has 1 aliphatic heterocycles. The number of primary amides is 1. The van der Waals surface area contributed by atoms with Crippen molar-refractivity contribution in [3.8, 4) is 11.1 Å². The monoisotopic (exact) mass is 447 g/mol. The Labute approximate surface area is 194 Å². The normalized spacial score (nSPS) is 22.6. The van der Waals surface area contributed by atoms with Crippen LogP contribution in [0, 0.1) is 0 Å². The molecule has 8 heteroatoms. The largest absolute Gasteiger partial charge is 0.383 e. The Balaban J connectivity index is 1.40. The highest BCUT2D eigenvalue weighted by Crippen LogP contribution is 2.39. The Morgan fingerprint density at radius 3 is 2.33 bits per heavy atom. The SMILES string of the molecule is CN1CCN([C@H]2CC[C@H](n3cc(-c4ccc(CC(N)=O)cc4)c4c(N)ncnc43)CC2)CC1. The average Bonchev–Trinajstić information content (AvgIpc) is 3.21. The standard InChI is InChI=1S/C25H33N7O/c1-30-10-12-31(13-11-30)19-6-8-20(9-7-19)32-15-21(23-24(27)28-16-29-25(23)32)18-4-2-17(3-5-18)14-22(26)33/h2-5,15-16,19-20H,6-14H2,1H3,(H2,26,33)(H2,27,28,29)/t19-,20-. The van der Waals surface area contributed by atoms with Gasteiger partial charge < -0.3 is 20.9 Å². The van der Waals surface area contributed by atoms with E-state index in [0.717, 1.165) is 40.6 Å². The van der Waals surface area contributed by atoms with Crippen LogP contribution in [-0.2, 0) is 11.2 Å². The van der Waals surface area contributed by atoms with Crippen LogP contribution in [0.4, 0.5) is 5.82 Å². The Morgan fingerprint density at radius 2 is 1.67 bits per heavy atom. The lowest BCUT2D eigenvalue weighted by Gasteiger charge is -2.41. The number of piperazine rings is 1. The molecular weight excluding hydrogens is 414 g/mol. The quantitative estimate of drug-likeness (QED) is 0.622. The lowest BCUT2D eigenvalue weighted by atomic mass is 9.89. The molecule has 3 aromatic rings. The minimum absolute atomic E-state index is 0.240. The Morgan fingerprint density at radius 1 is 1.00 bits per heavy atom. The number of nitrogen functional groups attached to an aromatic ring is 1. The number of benzene rings is 1. The third-order valence-electron chi connectivity index (χ3n) is 7.40. The second-order valence-electron chi connectivity index (χ2n) is 9.55. The fraction of sp³-hybridized carbons (Fsp3) is 0.480. The fourth-order valence-electron chi connectivity index (χ4n) is 5.50. The molecule has 1 saturated carbocycles. The van der Waals surface area contributed by atoms with Crippen molar-refractivity contribution in [3.05, 3.63) is 42.4 Å². The van der Waals surface area contributed by atoms with Crippen molar-refractivity contribution in [2.45, 2.75) is 44.2 Å². The molecule has 0 bridgehead atoms. The van der Waals surface area contributed by atoms with Crippen molar-refractivity contribution in [1.82, 2.24) is 24.3 Å². The number of hydrogen-bond donors (Lipinski definition) is 2. The third-order valence-corrected chi connectivity index (χ3v) is 7.40. The van der Waals surface area contributed by atoms with Crippen molar-refractivity contribution < 1.29 is 4.79 Å². The second-order valence-corrected chi connectivity index (χ2v) is 9.55. The van der Waals surface area contributed by atoms with Gasteiger partial charge in [-0.3, -0.25) is 9.69 Å². The van der Waals surface area contributed by atoms with Gasteiger partial charge in [0, 0.05) is 50.0 Å². The fourth-order valence-corrected chi connectivity index (χ4v) is 5.50. The van der Waals surface area contributed by atoms with Gasteiger partial charge in [0.25, 0.3) is 0 Å². The Bertz CT molecular complexity index is 1120. The van der Waals surface area contributed by atoms with Crippen molar-refractivity contribution >= 4 is 22.8 Å². The van der Waals surface area contributed by atoms with Crippen molar-refractivity contribution in [2.24, 2.45) is 5.73 Å². The lowest BCUT2D eigenvalue weighted by Crippen LogP contribution is -2.49. The molecule has 2 aliphatic rings. The number of nitrogens with two attached hydrogens (primary N) is 2. The molecular formula is C25H33N7O. The van der Waals surface area contributed by atoms with E-state index in [4.69, 9.17) is 11.5 Å². The molecule has 0 spiro atoms. The third kappa shape index (κ3) is 4.45. The zero-order valence-corrected chi connectivity index (χ0v) is 19.3. The van der Waals surface area contributed by atoms with Crippen LogP contribution in [0.5, 0.6) is 0 Å². The maximum absolute atomic E-state index is 11.2. The van der Waals surface area contributed by atoms with E-state index in [1.165, 1.54) is 39.0 Å². The van der Waals surface area contributed by atoms with Gasteiger partial charge in [-0.1, -0.05) is 24.3 Å². The van der Waals surface area contributed by atoms with Gasteiger partial charge in [0.15, 0.2) is 0 Å². The first-order valence-corrected chi connectivity index (χ1v) is 11.9. The number of amides is 1. The molecule has 0 atom stereocenters. The highest BCUT2D eigenvalue weighted by molar-refractivity contribution is 6.00. The molecule has 174 valence electrons. The van der Waals surface area contributed by atoms with Gasteiger partial charge in [-0.15, -0.1) is 0 Å². The summed E-state index contributed by atoms with van der Waals surface area (Å²) in [6, 6.07) is 9.04. The van der Waals surface area contributed by atoms with Gasteiger partial charge in [0.1, 0.15) is 17.8 Å². The van der Waals surface area contributed by atoms with Crippen LogP contribution in [0.1, 0.15) is 37.3 Å².